The van der Waals surface area contributed by atoms with Crippen molar-refractivity contribution in [2.24, 2.45) is 0 Å². The van der Waals surface area contributed by atoms with Crippen LogP contribution in [0.3, 0.4) is 0 Å². The summed E-state index contributed by atoms with van der Waals surface area (Å²) >= 11 is 11.3. The summed E-state index contributed by atoms with van der Waals surface area (Å²) < 4.78 is 0. The molecule has 0 nitrogen and oxygen atoms in total. The Morgan fingerprint density at radius 3 is 1.90 bits per heavy atom. The van der Waals surface area contributed by atoms with Gasteiger partial charge < -0.3 is 0 Å². The van der Waals surface area contributed by atoms with Gasteiger partial charge in [0.15, 0.2) is 0 Å². The molecular weight excluding hydrogens is 183 g/mol. The fraction of sp³-hybridized carbons (Fsp3) is 0.714. The third-order valence-electron chi connectivity index (χ3n) is 1.82. The molecule has 0 rings (SSSR count). The molecule has 0 atom stereocenters. The summed E-state index contributed by atoms with van der Waals surface area (Å²) in [6.45, 7) is 6.08. The molecule has 0 aromatic rings. The van der Waals surface area contributed by atoms with Crippen molar-refractivity contribution in [2.45, 2.75) is 18.6 Å². The molecule has 0 aromatic carbocycles. The Balaban J connectivity index is 3.81. The van der Waals surface area contributed by atoms with Gasteiger partial charge in [0, 0.05) is 11.8 Å². The van der Waals surface area contributed by atoms with Crippen LogP contribution in [-0.4, -0.2) is 19.8 Å². The van der Waals surface area contributed by atoms with E-state index in [2.05, 4.69) is 18.8 Å². The smallest absolute Gasteiger partial charge is 0.0763 e. The second-order valence-corrected chi connectivity index (χ2v) is 8.21. The molecule has 0 radical (unpaired) electrons. The molecule has 0 aliphatic rings. The highest BCUT2D eigenvalue weighted by Gasteiger charge is 2.20. The van der Waals surface area contributed by atoms with E-state index in [9.17, 15) is 0 Å². The number of rotatable bonds is 5. The molecule has 0 N–H and O–H groups in total. The highest BCUT2D eigenvalue weighted by molar-refractivity contribution is 6.84. The van der Waals surface area contributed by atoms with E-state index >= 15 is 0 Å². The molecule has 3 heteroatoms. The first-order valence-corrected chi connectivity index (χ1v) is 7.50. The predicted octanol–water partition coefficient (Wildman–Crippen LogP) is 3.27. The maximum absolute atomic E-state index is 5.64. The normalized spacial score (nSPS) is 11.5. The van der Waals surface area contributed by atoms with Gasteiger partial charge in [-0.2, -0.15) is 0 Å². The molecule has 0 aliphatic heterocycles. The minimum atomic E-state index is -1.22. The summed E-state index contributed by atoms with van der Waals surface area (Å²) in [6, 6.07) is 2.20. The summed E-state index contributed by atoms with van der Waals surface area (Å²) in [6.07, 6.45) is 0. The zero-order chi connectivity index (χ0) is 8.04. The van der Waals surface area contributed by atoms with Gasteiger partial charge >= 0.3 is 0 Å². The first-order valence-electron chi connectivity index (χ1n) is 3.44. The van der Waals surface area contributed by atoms with Crippen LogP contribution in [0.5, 0.6) is 0 Å². The van der Waals surface area contributed by atoms with Crippen LogP contribution in [-0.2, 0) is 0 Å². The summed E-state index contributed by atoms with van der Waals surface area (Å²) in [5, 5.41) is 0. The Bertz CT molecular complexity index is 97.8. The molecule has 0 amide bonds. The minimum absolute atomic E-state index is 0.742. The zero-order valence-corrected chi connectivity index (χ0v) is 8.88. The van der Waals surface area contributed by atoms with Gasteiger partial charge in [-0.25, -0.2) is 0 Å². The van der Waals surface area contributed by atoms with Crippen LogP contribution in [0.15, 0.2) is 12.3 Å². The molecule has 0 unspecified atom stereocenters. The number of hydrogen-bond acceptors (Lipinski definition) is 0. The summed E-state index contributed by atoms with van der Waals surface area (Å²) in [7, 11) is -1.22. The molecule has 0 aromatic heterocycles. The first kappa shape index (κ1) is 10.5. The van der Waals surface area contributed by atoms with Crippen LogP contribution in [0.4, 0.5) is 0 Å². The maximum Gasteiger partial charge on any atom is 0.0763 e. The lowest BCUT2D eigenvalue weighted by Crippen LogP contribution is -2.27. The molecule has 0 fully saturated rings. The maximum atomic E-state index is 5.64. The van der Waals surface area contributed by atoms with E-state index in [1.165, 1.54) is 0 Å². The molecule has 0 spiro atoms. The summed E-state index contributed by atoms with van der Waals surface area (Å²) in [5.74, 6) is 1.48. The van der Waals surface area contributed by atoms with Crippen molar-refractivity contribution in [2.75, 3.05) is 11.8 Å². The molecule has 60 valence electrons. The van der Waals surface area contributed by atoms with Crippen molar-refractivity contribution in [1.82, 2.24) is 0 Å². The Labute approximate surface area is 74.2 Å². The van der Waals surface area contributed by atoms with E-state index in [0.29, 0.717) is 0 Å². The SMILES string of the molecule is C=C[Si](C)(CCCl)CCCl. The van der Waals surface area contributed by atoms with Gasteiger partial charge in [-0.1, -0.05) is 6.55 Å². The third kappa shape index (κ3) is 3.64. The van der Waals surface area contributed by atoms with Crippen LogP contribution in [0, 0.1) is 0 Å². The number of alkyl halides is 2. The molecule has 10 heavy (non-hydrogen) atoms. The molecule has 0 aliphatic carbocycles. The van der Waals surface area contributed by atoms with E-state index in [1.54, 1.807) is 0 Å². The van der Waals surface area contributed by atoms with E-state index in [-0.39, 0.29) is 0 Å². The van der Waals surface area contributed by atoms with Crippen LogP contribution in [0.2, 0.25) is 18.6 Å². The van der Waals surface area contributed by atoms with Crippen LogP contribution in [0.25, 0.3) is 0 Å². The van der Waals surface area contributed by atoms with Crippen molar-refractivity contribution >= 4 is 31.3 Å². The fourth-order valence-corrected chi connectivity index (χ4v) is 4.87. The van der Waals surface area contributed by atoms with Crippen molar-refractivity contribution in [3.05, 3.63) is 12.3 Å². The summed E-state index contributed by atoms with van der Waals surface area (Å²) in [4.78, 5) is 0. The van der Waals surface area contributed by atoms with E-state index in [1.807, 2.05) is 0 Å². The van der Waals surface area contributed by atoms with Crippen molar-refractivity contribution in [3.8, 4) is 0 Å². The first-order chi connectivity index (χ1) is 4.68. The van der Waals surface area contributed by atoms with Gasteiger partial charge in [0.25, 0.3) is 0 Å². The topological polar surface area (TPSA) is 0 Å². The number of halogens is 2. The Morgan fingerprint density at radius 2 is 1.70 bits per heavy atom. The van der Waals surface area contributed by atoms with Gasteiger partial charge in [0.2, 0.25) is 0 Å². The quantitative estimate of drug-likeness (QED) is 0.468. The lowest BCUT2D eigenvalue weighted by atomic mass is 10.9. The molecular formula is C7H14Cl2Si. The largest absolute Gasteiger partial charge is 0.127 e. The molecule has 0 saturated heterocycles. The number of hydrogen-bond donors (Lipinski definition) is 0. The summed E-state index contributed by atoms with van der Waals surface area (Å²) in [5.41, 5.74) is 2.08. The van der Waals surface area contributed by atoms with Crippen LogP contribution >= 0.6 is 23.2 Å². The van der Waals surface area contributed by atoms with E-state index in [0.717, 1.165) is 23.8 Å². The predicted molar refractivity (Wildman–Crippen MR) is 52.9 cm³/mol. The monoisotopic (exact) mass is 196 g/mol. The van der Waals surface area contributed by atoms with Gasteiger partial charge in [-0.15, -0.1) is 35.5 Å². The van der Waals surface area contributed by atoms with Gasteiger partial charge in [0.05, 0.1) is 8.07 Å². The van der Waals surface area contributed by atoms with Gasteiger partial charge in [-0.3, -0.25) is 0 Å². The highest BCUT2D eigenvalue weighted by atomic mass is 35.5. The van der Waals surface area contributed by atoms with E-state index in [4.69, 9.17) is 23.2 Å². The highest BCUT2D eigenvalue weighted by Crippen LogP contribution is 2.17. The lowest BCUT2D eigenvalue weighted by Gasteiger charge is -2.20. The lowest BCUT2D eigenvalue weighted by molar-refractivity contribution is 1.28. The molecule has 0 bridgehead atoms. The standard InChI is InChI=1S/C7H14Cl2Si/c1-3-10(2,6-4-8)7-5-9/h3H,1,4-7H2,2H3. The second-order valence-electron chi connectivity index (χ2n) is 2.74. The second kappa shape index (κ2) is 5.22. The minimum Gasteiger partial charge on any atom is -0.127 e. The third-order valence-corrected chi connectivity index (χ3v) is 6.61. The molecule has 0 heterocycles. The van der Waals surface area contributed by atoms with Gasteiger partial charge in [0.1, 0.15) is 0 Å². The van der Waals surface area contributed by atoms with Crippen molar-refractivity contribution < 1.29 is 0 Å². The zero-order valence-electron chi connectivity index (χ0n) is 6.37. The van der Waals surface area contributed by atoms with Crippen molar-refractivity contribution in [1.29, 1.82) is 0 Å². The Kier molecular flexibility index (Phi) is 5.50. The van der Waals surface area contributed by atoms with E-state index < -0.39 is 8.07 Å². The molecule has 0 saturated carbocycles. The van der Waals surface area contributed by atoms with Gasteiger partial charge in [-0.05, 0) is 12.1 Å². The van der Waals surface area contributed by atoms with Crippen LogP contribution < -0.4 is 0 Å². The average Bonchev–Trinajstić information content (AvgIpc) is 1.89. The Morgan fingerprint density at radius 1 is 1.30 bits per heavy atom. The Hall–Kier alpha value is 0.537. The fourth-order valence-electron chi connectivity index (χ4n) is 0.761. The van der Waals surface area contributed by atoms with Crippen LogP contribution in [0.1, 0.15) is 0 Å². The average molecular weight is 197 g/mol. The van der Waals surface area contributed by atoms with Crippen molar-refractivity contribution in [3.63, 3.8) is 0 Å².